The van der Waals surface area contributed by atoms with Gasteiger partial charge in [0, 0.05) is 229 Å². The van der Waals surface area contributed by atoms with Crippen molar-refractivity contribution < 1.29 is 229 Å². The molecule has 1 rings (SSSR count). The van der Waals surface area contributed by atoms with E-state index < -0.39 is 0 Å². The fourth-order valence-corrected chi connectivity index (χ4v) is 0.645. The molecule has 0 amide bonds. The second-order valence-corrected chi connectivity index (χ2v) is 1.70. The first-order valence-corrected chi connectivity index (χ1v) is 2.78. The average molecular weight is 728 g/mol. The van der Waals surface area contributed by atoms with Crippen LogP contribution in [0, 0.1) is 6.42 Å². The number of benzene rings is 1. The third-order valence-corrected chi connectivity index (χ3v) is 1.13. The molecular formula is C8H9Y7-. The Hall–Kier alpha value is 6.82. The van der Waals surface area contributed by atoms with E-state index in [1.807, 2.05) is 25.1 Å². The Bertz CT molecular complexity index is 156. The molecule has 0 unspecified atom stereocenters. The van der Waals surface area contributed by atoms with Crippen LogP contribution in [-0.2, 0) is 229 Å². The summed E-state index contributed by atoms with van der Waals surface area (Å²) in [6, 6.07) is 10.3. The van der Waals surface area contributed by atoms with Crippen LogP contribution >= 0.6 is 0 Å². The molecule has 0 nitrogen and oxygen atoms in total. The van der Waals surface area contributed by atoms with Crippen LogP contribution in [0.5, 0.6) is 0 Å². The molecule has 1 aromatic carbocycles. The fourth-order valence-electron chi connectivity index (χ4n) is 0.645. The first kappa shape index (κ1) is 43.1. The molecule has 0 fully saturated rings. The van der Waals surface area contributed by atoms with Gasteiger partial charge >= 0.3 is 0 Å². The van der Waals surface area contributed by atoms with Crippen molar-refractivity contribution in [3.8, 4) is 0 Å². The molecule has 1 aromatic rings. The van der Waals surface area contributed by atoms with Crippen LogP contribution in [0.15, 0.2) is 30.3 Å². The minimum atomic E-state index is 0. The summed E-state index contributed by atoms with van der Waals surface area (Å²) in [7, 11) is 0. The first-order valence-electron chi connectivity index (χ1n) is 2.78. The Morgan fingerprint density at radius 1 is 0.667 bits per heavy atom. The van der Waals surface area contributed by atoms with Gasteiger partial charge in [0.1, 0.15) is 0 Å². The monoisotopic (exact) mass is 727 g/mol. The predicted octanol–water partition coefficient (Wildman–Crippen LogP) is 2.24. The van der Waals surface area contributed by atoms with Gasteiger partial charge in [-0.25, -0.2) is 0 Å². The molecule has 0 aliphatic heterocycles. The van der Waals surface area contributed by atoms with Crippen LogP contribution in [0.25, 0.3) is 0 Å². The minimum Gasteiger partial charge on any atom is -0.192 e. The molecule has 15 heavy (non-hydrogen) atoms. The standard InChI is InChI=1S/C8H9.7Y/c1-2-8-6-4-3-5-7-8;;;;;;;/h2-7H,1H3;;;;;;;/q-1;;;;;;;. The zero-order valence-electron chi connectivity index (χ0n) is 9.01. The van der Waals surface area contributed by atoms with Crippen molar-refractivity contribution in [1.29, 1.82) is 0 Å². The summed E-state index contributed by atoms with van der Waals surface area (Å²) in [4.78, 5) is 0. The molecule has 0 heterocycles. The van der Waals surface area contributed by atoms with E-state index in [0.717, 1.165) is 0 Å². The molecule has 0 N–H and O–H groups in total. The van der Waals surface area contributed by atoms with Crippen molar-refractivity contribution >= 4 is 0 Å². The Morgan fingerprint density at radius 2 is 1.00 bits per heavy atom. The molecule has 7 heteroatoms. The van der Waals surface area contributed by atoms with E-state index in [9.17, 15) is 0 Å². The largest absolute Gasteiger partial charge is 0.192 e. The quantitative estimate of drug-likeness (QED) is 0.390. The van der Waals surface area contributed by atoms with Gasteiger partial charge in [-0.3, -0.25) is 0 Å². The first-order chi connectivity index (χ1) is 3.93. The molecule has 0 saturated heterocycles. The normalized spacial score (nSPS) is 4.60. The van der Waals surface area contributed by atoms with Gasteiger partial charge in [0.15, 0.2) is 0 Å². The molecule has 7 radical (unpaired) electrons. The Kier molecular flexibility index (Phi) is 93.8. The third kappa shape index (κ3) is 26.1. The Morgan fingerprint density at radius 3 is 1.20 bits per heavy atom. The maximum atomic E-state index is 2.08. The summed E-state index contributed by atoms with van der Waals surface area (Å²) in [6.45, 7) is 2.04. The molecule has 0 aliphatic rings. The van der Waals surface area contributed by atoms with Crippen molar-refractivity contribution in [2.45, 2.75) is 6.92 Å². The molecule has 0 atom stereocenters. The molecule has 63 valence electrons. The van der Waals surface area contributed by atoms with Crippen molar-refractivity contribution in [3.63, 3.8) is 0 Å². The zero-order chi connectivity index (χ0) is 5.82. The zero-order valence-corrected chi connectivity index (χ0v) is 28.9. The summed E-state index contributed by atoms with van der Waals surface area (Å²) in [6.07, 6.45) is 2.08. The van der Waals surface area contributed by atoms with E-state index in [-0.39, 0.29) is 229 Å². The number of rotatable bonds is 1. The maximum absolute atomic E-state index is 2.08. The van der Waals surface area contributed by atoms with E-state index in [2.05, 4.69) is 18.6 Å². The topological polar surface area (TPSA) is 0 Å². The van der Waals surface area contributed by atoms with Gasteiger partial charge in [-0.15, -0.1) is 12.1 Å². The number of hydrogen-bond acceptors (Lipinski definition) is 0. The van der Waals surface area contributed by atoms with Gasteiger partial charge in [0.25, 0.3) is 0 Å². The summed E-state index contributed by atoms with van der Waals surface area (Å²) in [5.41, 5.74) is 1.28. The van der Waals surface area contributed by atoms with E-state index >= 15 is 0 Å². The van der Waals surface area contributed by atoms with E-state index in [1.165, 1.54) is 5.56 Å². The van der Waals surface area contributed by atoms with Gasteiger partial charge < -0.3 is 0 Å². The van der Waals surface area contributed by atoms with Crippen molar-refractivity contribution in [2.75, 3.05) is 0 Å². The molecule has 0 aromatic heterocycles. The smallest absolute Gasteiger partial charge is 0 e. The van der Waals surface area contributed by atoms with Crippen molar-refractivity contribution in [2.24, 2.45) is 0 Å². The van der Waals surface area contributed by atoms with E-state index in [0.29, 0.717) is 0 Å². The van der Waals surface area contributed by atoms with Gasteiger partial charge in [0.05, 0.1) is 0 Å². The van der Waals surface area contributed by atoms with Crippen LogP contribution in [0.1, 0.15) is 12.5 Å². The molecule has 0 aliphatic carbocycles. The van der Waals surface area contributed by atoms with Crippen LogP contribution in [0.2, 0.25) is 0 Å². The molecule has 0 saturated carbocycles. The van der Waals surface area contributed by atoms with Gasteiger partial charge in [-0.1, -0.05) is 13.0 Å². The fraction of sp³-hybridized carbons (Fsp3) is 0.125. The average Bonchev–Trinajstić information content (AvgIpc) is 1.90. The Labute approximate surface area is 270 Å². The van der Waals surface area contributed by atoms with Crippen LogP contribution in [0.4, 0.5) is 0 Å². The Balaban J connectivity index is -0.0000000183. The van der Waals surface area contributed by atoms with Crippen LogP contribution in [0.3, 0.4) is 0 Å². The predicted molar refractivity (Wildman–Crippen MR) is 35.5 cm³/mol. The van der Waals surface area contributed by atoms with E-state index in [1.54, 1.807) is 0 Å². The third-order valence-electron chi connectivity index (χ3n) is 1.13. The second kappa shape index (κ2) is 32.7. The SMILES string of the molecule is C[CH-]c1ccccc1.[Y].[Y].[Y].[Y].[Y].[Y].[Y]. The van der Waals surface area contributed by atoms with Gasteiger partial charge in [-0.2, -0.15) is 24.1 Å². The maximum Gasteiger partial charge on any atom is 0 e. The summed E-state index contributed by atoms with van der Waals surface area (Å²) in [5.74, 6) is 0. The van der Waals surface area contributed by atoms with Gasteiger partial charge in [-0.05, 0) is 0 Å². The van der Waals surface area contributed by atoms with Crippen molar-refractivity contribution in [3.05, 3.63) is 42.3 Å². The number of hydrogen-bond donors (Lipinski definition) is 0. The van der Waals surface area contributed by atoms with Gasteiger partial charge in [0.2, 0.25) is 0 Å². The minimum absolute atomic E-state index is 0. The summed E-state index contributed by atoms with van der Waals surface area (Å²) < 4.78 is 0. The summed E-state index contributed by atoms with van der Waals surface area (Å²) in [5, 5.41) is 0. The van der Waals surface area contributed by atoms with Crippen LogP contribution < -0.4 is 0 Å². The van der Waals surface area contributed by atoms with Crippen molar-refractivity contribution in [1.82, 2.24) is 0 Å². The summed E-state index contributed by atoms with van der Waals surface area (Å²) >= 11 is 0. The molecule has 0 spiro atoms. The van der Waals surface area contributed by atoms with E-state index in [4.69, 9.17) is 0 Å². The molecule has 0 bridgehead atoms. The van der Waals surface area contributed by atoms with Crippen LogP contribution in [-0.4, -0.2) is 0 Å². The second-order valence-electron chi connectivity index (χ2n) is 1.70. The molecular weight excluding hydrogens is 718 g/mol.